The molecule has 1 heterocycles. The molecule has 8 heteroatoms. The predicted molar refractivity (Wildman–Crippen MR) is 111 cm³/mol. The van der Waals surface area contributed by atoms with Gasteiger partial charge in [-0.1, -0.05) is 25.1 Å². The molecule has 2 aromatic carbocycles. The highest BCUT2D eigenvalue weighted by Crippen LogP contribution is 2.34. The summed E-state index contributed by atoms with van der Waals surface area (Å²) in [6.45, 7) is 5.81. The van der Waals surface area contributed by atoms with Gasteiger partial charge in [-0.25, -0.2) is 0 Å². The van der Waals surface area contributed by atoms with Crippen molar-refractivity contribution in [1.82, 2.24) is 4.90 Å². The van der Waals surface area contributed by atoms with E-state index in [2.05, 4.69) is 5.32 Å². The molecule has 0 radical (unpaired) electrons. The van der Waals surface area contributed by atoms with Crippen LogP contribution in [-0.2, 0) is 15.8 Å². The van der Waals surface area contributed by atoms with Crippen molar-refractivity contribution in [2.45, 2.75) is 39.5 Å². The Kier molecular flexibility index (Phi) is 6.38. The lowest BCUT2D eigenvalue weighted by molar-refractivity contribution is -0.138. The van der Waals surface area contributed by atoms with Crippen LogP contribution in [0.3, 0.4) is 0 Å². The molecule has 0 unspecified atom stereocenters. The summed E-state index contributed by atoms with van der Waals surface area (Å²) in [4.78, 5) is 27.0. The highest BCUT2D eigenvalue weighted by Gasteiger charge is 2.39. The van der Waals surface area contributed by atoms with Crippen LogP contribution < -0.4 is 10.1 Å². The Morgan fingerprint density at radius 3 is 2.29 bits per heavy atom. The van der Waals surface area contributed by atoms with Crippen molar-refractivity contribution in [3.63, 3.8) is 0 Å². The molecule has 0 spiro atoms. The normalized spacial score (nSPS) is 14.6. The molecule has 2 aromatic rings. The number of ether oxygens (including phenoxy) is 1. The van der Waals surface area contributed by atoms with E-state index in [9.17, 15) is 22.8 Å². The second-order valence-corrected chi connectivity index (χ2v) is 7.41. The first kappa shape index (κ1) is 22.4. The zero-order valence-corrected chi connectivity index (χ0v) is 17.4. The van der Waals surface area contributed by atoms with E-state index < -0.39 is 23.6 Å². The summed E-state index contributed by atoms with van der Waals surface area (Å²) < 4.78 is 44.8. The Hall–Kier alpha value is -3.29. The van der Waals surface area contributed by atoms with Gasteiger partial charge in [0.15, 0.2) is 0 Å². The molecule has 0 saturated carbocycles. The molecule has 0 saturated heterocycles. The number of halogens is 3. The lowest BCUT2D eigenvalue weighted by Gasteiger charge is -2.14. The molecule has 164 valence electrons. The van der Waals surface area contributed by atoms with Gasteiger partial charge in [-0.15, -0.1) is 0 Å². The van der Waals surface area contributed by atoms with Gasteiger partial charge in [0.05, 0.1) is 17.2 Å². The molecular weight excluding hydrogens is 409 g/mol. The van der Waals surface area contributed by atoms with Crippen LogP contribution in [0.5, 0.6) is 5.75 Å². The number of amides is 2. The van der Waals surface area contributed by atoms with Crippen molar-refractivity contribution in [2.75, 3.05) is 11.9 Å². The summed E-state index contributed by atoms with van der Waals surface area (Å²) >= 11 is 0. The van der Waals surface area contributed by atoms with Crippen LogP contribution in [-0.4, -0.2) is 29.4 Å². The average molecular weight is 432 g/mol. The molecule has 1 aliphatic heterocycles. The molecule has 0 atom stereocenters. The third kappa shape index (κ3) is 4.90. The average Bonchev–Trinajstić information content (AvgIpc) is 2.92. The van der Waals surface area contributed by atoms with Crippen LogP contribution in [0.25, 0.3) is 5.57 Å². The Morgan fingerprint density at radius 2 is 1.71 bits per heavy atom. The molecule has 31 heavy (non-hydrogen) atoms. The van der Waals surface area contributed by atoms with Gasteiger partial charge < -0.3 is 10.1 Å². The summed E-state index contributed by atoms with van der Waals surface area (Å²) in [5, 5.41) is 2.75. The summed E-state index contributed by atoms with van der Waals surface area (Å²) in [5.41, 5.74) is -0.233. The van der Waals surface area contributed by atoms with Gasteiger partial charge in [0.2, 0.25) is 0 Å². The highest BCUT2D eigenvalue weighted by molar-refractivity contribution is 6.36. The minimum absolute atomic E-state index is 0.0297. The van der Waals surface area contributed by atoms with Gasteiger partial charge in [0.25, 0.3) is 11.8 Å². The molecule has 1 N–H and O–H groups in total. The standard InChI is InChI=1S/C23H23F3N2O3/c1-4-12-28-21(29)19(15-8-10-18(11-9-15)31-14(2)3)20(22(28)30)27-17-7-5-6-16(13-17)23(24,25)26/h5-11,13-14,27H,4,12H2,1-3H3. The van der Waals surface area contributed by atoms with Crippen molar-refractivity contribution in [3.8, 4) is 5.75 Å². The van der Waals surface area contributed by atoms with Crippen LogP contribution >= 0.6 is 0 Å². The summed E-state index contributed by atoms with van der Waals surface area (Å²) in [6.07, 6.45) is -3.99. The van der Waals surface area contributed by atoms with Gasteiger partial charge in [0, 0.05) is 12.2 Å². The third-order valence-electron chi connectivity index (χ3n) is 4.59. The number of imide groups is 1. The Labute approximate surface area is 178 Å². The number of anilines is 1. The molecule has 0 fully saturated rings. The quantitative estimate of drug-likeness (QED) is 0.619. The Bertz CT molecular complexity index is 1010. The number of alkyl halides is 3. The fourth-order valence-electron chi connectivity index (χ4n) is 3.28. The van der Waals surface area contributed by atoms with Crippen molar-refractivity contribution in [3.05, 3.63) is 65.4 Å². The predicted octanol–water partition coefficient (Wildman–Crippen LogP) is 5.09. The number of nitrogens with zero attached hydrogens (tertiary/aromatic N) is 1. The number of benzene rings is 2. The second-order valence-electron chi connectivity index (χ2n) is 7.41. The molecule has 2 amide bonds. The number of hydrogen-bond donors (Lipinski definition) is 1. The second kappa shape index (κ2) is 8.83. The smallest absolute Gasteiger partial charge is 0.416 e. The van der Waals surface area contributed by atoms with E-state index in [1.807, 2.05) is 20.8 Å². The highest BCUT2D eigenvalue weighted by atomic mass is 19.4. The van der Waals surface area contributed by atoms with Crippen molar-refractivity contribution >= 4 is 23.1 Å². The molecule has 0 aromatic heterocycles. The third-order valence-corrected chi connectivity index (χ3v) is 4.59. The van der Waals surface area contributed by atoms with Crippen molar-refractivity contribution in [2.24, 2.45) is 0 Å². The number of carbonyl (C=O) groups excluding carboxylic acids is 2. The van der Waals surface area contributed by atoms with E-state index >= 15 is 0 Å². The number of carbonyl (C=O) groups is 2. The lowest BCUT2D eigenvalue weighted by Crippen LogP contribution is -2.33. The monoisotopic (exact) mass is 432 g/mol. The fourth-order valence-corrected chi connectivity index (χ4v) is 3.28. The number of nitrogens with one attached hydrogen (secondary N) is 1. The first-order valence-electron chi connectivity index (χ1n) is 9.93. The van der Waals surface area contributed by atoms with E-state index in [1.54, 1.807) is 24.3 Å². The molecule has 5 nitrogen and oxygen atoms in total. The largest absolute Gasteiger partial charge is 0.491 e. The van der Waals surface area contributed by atoms with Gasteiger partial charge in [-0.05, 0) is 56.2 Å². The maximum absolute atomic E-state index is 13.1. The molecule has 1 aliphatic rings. The molecule has 0 aliphatic carbocycles. The summed E-state index contributed by atoms with van der Waals surface area (Å²) in [7, 11) is 0. The van der Waals surface area contributed by atoms with Gasteiger partial charge >= 0.3 is 6.18 Å². The zero-order valence-electron chi connectivity index (χ0n) is 17.4. The van der Waals surface area contributed by atoms with Gasteiger partial charge in [-0.2, -0.15) is 13.2 Å². The van der Waals surface area contributed by atoms with Crippen molar-refractivity contribution < 1.29 is 27.5 Å². The number of hydrogen-bond acceptors (Lipinski definition) is 4. The van der Waals surface area contributed by atoms with Crippen LogP contribution in [0.15, 0.2) is 54.2 Å². The minimum atomic E-state index is -4.52. The fraction of sp³-hybridized carbons (Fsp3) is 0.304. The zero-order chi connectivity index (χ0) is 22.8. The first-order chi connectivity index (χ1) is 14.6. The van der Waals surface area contributed by atoms with E-state index in [-0.39, 0.29) is 29.6 Å². The lowest BCUT2D eigenvalue weighted by atomic mass is 10.0. The van der Waals surface area contributed by atoms with E-state index in [1.165, 1.54) is 12.1 Å². The first-order valence-corrected chi connectivity index (χ1v) is 9.93. The topological polar surface area (TPSA) is 58.6 Å². The Morgan fingerprint density at radius 1 is 1.03 bits per heavy atom. The Balaban J connectivity index is 2.02. The van der Waals surface area contributed by atoms with Crippen LogP contribution in [0, 0.1) is 0 Å². The molecule has 0 bridgehead atoms. The number of rotatable bonds is 7. The van der Waals surface area contributed by atoms with Crippen LogP contribution in [0.2, 0.25) is 0 Å². The van der Waals surface area contributed by atoms with Crippen LogP contribution in [0.4, 0.5) is 18.9 Å². The van der Waals surface area contributed by atoms with Crippen molar-refractivity contribution in [1.29, 1.82) is 0 Å². The van der Waals surface area contributed by atoms with Gasteiger partial charge in [0.1, 0.15) is 11.4 Å². The van der Waals surface area contributed by atoms with Gasteiger partial charge in [-0.3, -0.25) is 14.5 Å². The summed E-state index contributed by atoms with van der Waals surface area (Å²) in [5.74, 6) is -0.449. The van der Waals surface area contributed by atoms with E-state index in [0.717, 1.165) is 17.0 Å². The maximum atomic E-state index is 13.1. The SMILES string of the molecule is CCCN1C(=O)C(Nc2cccc(C(F)(F)F)c2)=C(c2ccc(OC(C)C)cc2)C1=O. The summed E-state index contributed by atoms with van der Waals surface area (Å²) in [6, 6.07) is 11.2. The molecule has 3 rings (SSSR count). The van der Waals surface area contributed by atoms with Crippen LogP contribution in [0.1, 0.15) is 38.3 Å². The van der Waals surface area contributed by atoms with E-state index in [0.29, 0.717) is 17.7 Å². The molecular formula is C23H23F3N2O3. The maximum Gasteiger partial charge on any atom is 0.416 e. The van der Waals surface area contributed by atoms with E-state index in [4.69, 9.17) is 4.74 Å². The minimum Gasteiger partial charge on any atom is -0.491 e.